The Morgan fingerprint density at radius 2 is 2.11 bits per heavy atom. The van der Waals surface area contributed by atoms with Crippen LogP contribution in [0.4, 0.5) is 5.69 Å². The number of hydrogen-bond acceptors (Lipinski definition) is 3. The largest absolute Gasteiger partial charge is 0.388 e. The molecule has 0 bridgehead atoms. The number of rotatable bonds is 4. The lowest BCUT2D eigenvalue weighted by Crippen LogP contribution is -2.26. The van der Waals surface area contributed by atoms with Crippen LogP contribution in [0.3, 0.4) is 0 Å². The quantitative estimate of drug-likeness (QED) is 0.894. The molecule has 4 heteroatoms. The number of benzene rings is 1. The zero-order valence-corrected chi connectivity index (χ0v) is 12.2. The van der Waals surface area contributed by atoms with Crippen molar-refractivity contribution in [1.82, 2.24) is 5.32 Å². The second-order valence-corrected chi connectivity index (χ2v) is 5.47. The molecule has 1 unspecified atom stereocenters. The van der Waals surface area contributed by atoms with Crippen molar-refractivity contribution in [2.24, 2.45) is 0 Å². The third kappa shape index (κ3) is 3.15. The summed E-state index contributed by atoms with van der Waals surface area (Å²) in [6.07, 6.45) is 0. The van der Waals surface area contributed by atoms with E-state index in [0.29, 0.717) is 5.56 Å². The first kappa shape index (κ1) is 13.6. The van der Waals surface area contributed by atoms with Crippen LogP contribution in [0.15, 0.2) is 35.7 Å². The highest BCUT2D eigenvalue weighted by Crippen LogP contribution is 2.20. The lowest BCUT2D eigenvalue weighted by Gasteiger charge is -2.13. The molecule has 1 heterocycles. The second-order valence-electron chi connectivity index (χ2n) is 4.49. The zero-order chi connectivity index (χ0) is 13.8. The molecule has 0 fully saturated rings. The van der Waals surface area contributed by atoms with Gasteiger partial charge in [0, 0.05) is 23.2 Å². The third-order valence-corrected chi connectivity index (χ3v) is 4.13. The fraction of sp³-hybridized carbons (Fsp3) is 0.267. The van der Waals surface area contributed by atoms with E-state index >= 15 is 0 Å². The van der Waals surface area contributed by atoms with E-state index in [9.17, 15) is 4.79 Å². The van der Waals surface area contributed by atoms with Gasteiger partial charge in [-0.3, -0.25) is 4.79 Å². The van der Waals surface area contributed by atoms with E-state index in [0.717, 1.165) is 16.1 Å². The van der Waals surface area contributed by atoms with Crippen LogP contribution in [0.5, 0.6) is 0 Å². The van der Waals surface area contributed by atoms with E-state index in [1.54, 1.807) is 11.3 Å². The van der Waals surface area contributed by atoms with Gasteiger partial charge in [0.2, 0.25) is 0 Å². The van der Waals surface area contributed by atoms with E-state index in [-0.39, 0.29) is 11.9 Å². The van der Waals surface area contributed by atoms with Crippen LogP contribution in [0, 0.1) is 6.92 Å². The highest BCUT2D eigenvalue weighted by atomic mass is 32.1. The summed E-state index contributed by atoms with van der Waals surface area (Å²) in [5.74, 6) is -0.0355. The lowest BCUT2D eigenvalue weighted by molar-refractivity contribution is 0.0940. The molecule has 0 spiro atoms. The summed E-state index contributed by atoms with van der Waals surface area (Å²) in [4.78, 5) is 13.3. The summed E-state index contributed by atoms with van der Waals surface area (Å²) in [7, 11) is 1.88. The number of nitrogens with one attached hydrogen (secondary N) is 2. The molecule has 1 amide bonds. The van der Waals surface area contributed by atoms with E-state index in [4.69, 9.17) is 0 Å². The van der Waals surface area contributed by atoms with Crippen molar-refractivity contribution < 1.29 is 4.79 Å². The molecular formula is C15H18N2OS. The molecule has 2 aromatic rings. The number of hydrogen-bond donors (Lipinski definition) is 2. The minimum atomic E-state index is -0.0355. The van der Waals surface area contributed by atoms with E-state index in [2.05, 4.69) is 10.6 Å². The van der Waals surface area contributed by atoms with Crippen molar-refractivity contribution in [3.05, 3.63) is 51.7 Å². The van der Waals surface area contributed by atoms with Crippen LogP contribution < -0.4 is 10.6 Å². The first-order valence-corrected chi connectivity index (χ1v) is 7.12. The average Bonchev–Trinajstić information content (AvgIpc) is 2.92. The number of anilines is 1. The minimum absolute atomic E-state index is 0.0355. The summed E-state index contributed by atoms with van der Waals surface area (Å²) in [6, 6.07) is 9.74. The fourth-order valence-electron chi connectivity index (χ4n) is 1.97. The molecule has 1 atom stereocenters. The molecule has 0 radical (unpaired) electrons. The minimum Gasteiger partial charge on any atom is -0.388 e. The number of carbonyl (C=O) groups is 1. The average molecular weight is 274 g/mol. The van der Waals surface area contributed by atoms with Gasteiger partial charge in [-0.25, -0.2) is 0 Å². The maximum Gasteiger partial charge on any atom is 0.251 e. The highest BCUT2D eigenvalue weighted by Gasteiger charge is 2.12. The molecule has 2 rings (SSSR count). The highest BCUT2D eigenvalue weighted by molar-refractivity contribution is 7.10. The van der Waals surface area contributed by atoms with Crippen molar-refractivity contribution >= 4 is 22.9 Å². The van der Waals surface area contributed by atoms with Gasteiger partial charge in [-0.05, 0) is 49.1 Å². The maximum atomic E-state index is 12.2. The SMILES string of the molecule is CNc1ccc(C(=O)NC(C)c2cccs2)cc1C. The maximum absolute atomic E-state index is 12.2. The monoisotopic (exact) mass is 274 g/mol. The summed E-state index contributed by atoms with van der Waals surface area (Å²) in [6.45, 7) is 3.99. The Kier molecular flexibility index (Phi) is 4.22. The topological polar surface area (TPSA) is 41.1 Å². The van der Waals surface area contributed by atoms with E-state index < -0.39 is 0 Å². The van der Waals surface area contributed by atoms with Gasteiger partial charge in [0.25, 0.3) is 5.91 Å². The van der Waals surface area contributed by atoms with Crippen LogP contribution in [0.1, 0.15) is 33.8 Å². The molecule has 1 aromatic carbocycles. The first-order valence-electron chi connectivity index (χ1n) is 6.24. The van der Waals surface area contributed by atoms with Crippen molar-refractivity contribution in [1.29, 1.82) is 0 Å². The third-order valence-electron chi connectivity index (χ3n) is 3.08. The van der Waals surface area contributed by atoms with Crippen LogP contribution in [-0.2, 0) is 0 Å². The van der Waals surface area contributed by atoms with Gasteiger partial charge in [0.15, 0.2) is 0 Å². The van der Waals surface area contributed by atoms with Gasteiger partial charge in [0.05, 0.1) is 6.04 Å². The molecule has 0 aliphatic rings. The van der Waals surface area contributed by atoms with E-state index in [1.165, 1.54) is 0 Å². The molecular weight excluding hydrogens is 256 g/mol. The molecule has 100 valence electrons. The Bertz CT molecular complexity index is 564. The Morgan fingerprint density at radius 3 is 2.68 bits per heavy atom. The fourth-order valence-corrected chi connectivity index (χ4v) is 2.71. The summed E-state index contributed by atoms with van der Waals surface area (Å²) in [5, 5.41) is 8.13. The lowest BCUT2D eigenvalue weighted by atomic mass is 10.1. The van der Waals surface area contributed by atoms with Gasteiger partial charge in [-0.1, -0.05) is 6.07 Å². The van der Waals surface area contributed by atoms with Gasteiger partial charge in [-0.2, -0.15) is 0 Å². The van der Waals surface area contributed by atoms with Gasteiger partial charge < -0.3 is 10.6 Å². The molecule has 0 aliphatic carbocycles. The Morgan fingerprint density at radius 1 is 1.32 bits per heavy atom. The molecule has 2 N–H and O–H groups in total. The Balaban J connectivity index is 2.10. The van der Waals surface area contributed by atoms with Gasteiger partial charge >= 0.3 is 0 Å². The standard InChI is InChI=1S/C15H18N2OS/c1-10-9-12(6-7-13(10)16-3)15(18)17-11(2)14-5-4-8-19-14/h4-9,11,16H,1-3H3,(H,17,18). The van der Waals surface area contributed by atoms with Crippen molar-refractivity contribution in [2.75, 3.05) is 12.4 Å². The number of aryl methyl sites for hydroxylation is 1. The molecule has 3 nitrogen and oxygen atoms in total. The number of thiophene rings is 1. The number of carbonyl (C=O) groups excluding carboxylic acids is 1. The molecule has 1 aromatic heterocycles. The van der Waals surface area contributed by atoms with Gasteiger partial charge in [0.1, 0.15) is 0 Å². The van der Waals surface area contributed by atoms with Crippen LogP contribution >= 0.6 is 11.3 Å². The Labute approximate surface area is 117 Å². The Hall–Kier alpha value is -1.81. The van der Waals surface area contributed by atoms with Crippen LogP contribution in [0.25, 0.3) is 0 Å². The smallest absolute Gasteiger partial charge is 0.251 e. The molecule has 0 saturated carbocycles. The predicted molar refractivity (Wildman–Crippen MR) is 80.9 cm³/mol. The normalized spacial score (nSPS) is 11.9. The molecule has 0 aliphatic heterocycles. The van der Waals surface area contributed by atoms with Crippen molar-refractivity contribution in [2.45, 2.75) is 19.9 Å². The molecule has 19 heavy (non-hydrogen) atoms. The van der Waals surface area contributed by atoms with E-state index in [1.807, 2.05) is 56.6 Å². The number of amides is 1. The van der Waals surface area contributed by atoms with Gasteiger partial charge in [-0.15, -0.1) is 11.3 Å². The zero-order valence-electron chi connectivity index (χ0n) is 11.4. The van der Waals surface area contributed by atoms with Crippen molar-refractivity contribution in [3.63, 3.8) is 0 Å². The van der Waals surface area contributed by atoms with Crippen LogP contribution in [-0.4, -0.2) is 13.0 Å². The summed E-state index contributed by atoms with van der Waals surface area (Å²) >= 11 is 1.65. The summed E-state index contributed by atoms with van der Waals surface area (Å²) in [5.41, 5.74) is 2.81. The summed E-state index contributed by atoms with van der Waals surface area (Å²) < 4.78 is 0. The molecule has 0 saturated heterocycles. The van der Waals surface area contributed by atoms with Crippen molar-refractivity contribution in [3.8, 4) is 0 Å². The second kappa shape index (κ2) is 5.89. The van der Waals surface area contributed by atoms with Crippen LogP contribution in [0.2, 0.25) is 0 Å². The predicted octanol–water partition coefficient (Wildman–Crippen LogP) is 3.59. The first-order chi connectivity index (χ1) is 9.11.